The lowest BCUT2D eigenvalue weighted by Crippen LogP contribution is -2.12. The van der Waals surface area contributed by atoms with Gasteiger partial charge in [-0.1, -0.05) is 5.21 Å². The number of aromatic nitrogens is 5. The maximum absolute atomic E-state index is 11.2. The van der Waals surface area contributed by atoms with Crippen molar-refractivity contribution in [2.24, 2.45) is 0 Å². The van der Waals surface area contributed by atoms with Gasteiger partial charge in [-0.3, -0.25) is 14.8 Å². The smallest absolute Gasteiger partial charge is 0.353 e. The van der Waals surface area contributed by atoms with E-state index < -0.39 is 4.92 Å². The van der Waals surface area contributed by atoms with Crippen LogP contribution >= 0.6 is 0 Å². The van der Waals surface area contributed by atoms with Gasteiger partial charge in [-0.25, -0.2) is 9.97 Å². The SMILES string of the molecule is CCNc1ncnc(NCCCn2ccnn2)c1[N+](=O)[O-]. The van der Waals surface area contributed by atoms with Crippen molar-refractivity contribution in [2.75, 3.05) is 23.7 Å². The molecule has 0 saturated heterocycles. The molecule has 0 bridgehead atoms. The minimum atomic E-state index is -0.488. The van der Waals surface area contributed by atoms with E-state index in [-0.39, 0.29) is 17.3 Å². The molecule has 0 aliphatic carbocycles. The molecule has 2 aromatic rings. The fraction of sp³-hybridized carbons (Fsp3) is 0.455. The number of nitrogens with one attached hydrogen (secondary N) is 2. The van der Waals surface area contributed by atoms with Crippen LogP contribution in [-0.4, -0.2) is 43.0 Å². The van der Waals surface area contributed by atoms with Gasteiger partial charge in [0.05, 0.1) is 11.1 Å². The summed E-state index contributed by atoms with van der Waals surface area (Å²) < 4.78 is 1.69. The van der Waals surface area contributed by atoms with Gasteiger partial charge in [-0.15, -0.1) is 5.10 Å². The zero-order valence-corrected chi connectivity index (χ0v) is 11.6. The largest absolute Gasteiger partial charge is 0.364 e. The Morgan fingerprint density at radius 2 is 2.10 bits per heavy atom. The summed E-state index contributed by atoms with van der Waals surface area (Å²) in [5, 5.41) is 24.5. The molecule has 2 aromatic heterocycles. The maximum Gasteiger partial charge on any atom is 0.353 e. The van der Waals surface area contributed by atoms with Gasteiger partial charge in [0.2, 0.25) is 11.6 Å². The van der Waals surface area contributed by atoms with Gasteiger partial charge in [-0.05, 0) is 13.3 Å². The Labute approximate surface area is 120 Å². The van der Waals surface area contributed by atoms with E-state index in [2.05, 4.69) is 30.9 Å². The van der Waals surface area contributed by atoms with Crippen LogP contribution in [0.5, 0.6) is 0 Å². The van der Waals surface area contributed by atoms with E-state index in [0.29, 0.717) is 19.6 Å². The lowest BCUT2D eigenvalue weighted by atomic mass is 10.3. The highest BCUT2D eigenvalue weighted by molar-refractivity contribution is 5.69. The summed E-state index contributed by atoms with van der Waals surface area (Å²) in [6.07, 6.45) is 5.40. The molecule has 0 amide bonds. The van der Waals surface area contributed by atoms with Crippen LogP contribution in [0.4, 0.5) is 17.3 Å². The normalized spacial score (nSPS) is 10.3. The predicted molar refractivity (Wildman–Crippen MR) is 76.0 cm³/mol. The highest BCUT2D eigenvalue weighted by Gasteiger charge is 2.21. The molecule has 0 aromatic carbocycles. The van der Waals surface area contributed by atoms with Crippen LogP contribution in [0.15, 0.2) is 18.7 Å². The van der Waals surface area contributed by atoms with Crippen LogP contribution in [0, 0.1) is 10.1 Å². The summed E-state index contributed by atoms with van der Waals surface area (Å²) in [6.45, 7) is 3.59. The first-order chi connectivity index (χ1) is 10.2. The number of nitrogens with zero attached hydrogens (tertiary/aromatic N) is 6. The zero-order valence-electron chi connectivity index (χ0n) is 11.6. The monoisotopic (exact) mass is 292 g/mol. The third-order valence-corrected chi connectivity index (χ3v) is 2.68. The van der Waals surface area contributed by atoms with Crippen molar-refractivity contribution in [3.05, 3.63) is 28.8 Å². The van der Waals surface area contributed by atoms with Crippen molar-refractivity contribution in [1.29, 1.82) is 0 Å². The molecule has 0 aliphatic heterocycles. The second-order valence-electron chi connectivity index (χ2n) is 4.15. The molecule has 0 aliphatic rings. The molecule has 2 N–H and O–H groups in total. The van der Waals surface area contributed by atoms with E-state index in [1.165, 1.54) is 6.33 Å². The van der Waals surface area contributed by atoms with Crippen molar-refractivity contribution in [3.63, 3.8) is 0 Å². The summed E-state index contributed by atoms with van der Waals surface area (Å²) in [7, 11) is 0. The molecule has 0 atom stereocenters. The summed E-state index contributed by atoms with van der Waals surface area (Å²) in [6, 6.07) is 0. The van der Waals surface area contributed by atoms with Gasteiger partial charge >= 0.3 is 5.69 Å². The Hall–Kier alpha value is -2.78. The first-order valence-electron chi connectivity index (χ1n) is 6.53. The average Bonchev–Trinajstić information content (AvgIpc) is 2.97. The fourth-order valence-corrected chi connectivity index (χ4v) is 1.78. The van der Waals surface area contributed by atoms with Crippen LogP contribution in [0.25, 0.3) is 0 Å². The second-order valence-corrected chi connectivity index (χ2v) is 4.15. The molecule has 112 valence electrons. The molecule has 0 unspecified atom stereocenters. The topological polar surface area (TPSA) is 124 Å². The minimum Gasteiger partial charge on any atom is -0.364 e. The van der Waals surface area contributed by atoms with E-state index >= 15 is 0 Å². The molecule has 0 fully saturated rings. The summed E-state index contributed by atoms with van der Waals surface area (Å²) >= 11 is 0. The van der Waals surface area contributed by atoms with Gasteiger partial charge in [0.1, 0.15) is 6.33 Å². The first-order valence-corrected chi connectivity index (χ1v) is 6.53. The van der Waals surface area contributed by atoms with E-state index in [1.807, 2.05) is 6.92 Å². The van der Waals surface area contributed by atoms with E-state index in [9.17, 15) is 10.1 Å². The van der Waals surface area contributed by atoms with Crippen molar-refractivity contribution in [2.45, 2.75) is 19.9 Å². The van der Waals surface area contributed by atoms with Crippen molar-refractivity contribution < 1.29 is 4.92 Å². The standard InChI is InChI=1S/C11H16N8O2/c1-2-12-10-9(19(20)21)11(15-8-14-10)13-4-3-6-18-7-5-16-17-18/h5,7-8H,2-4,6H2,1H3,(H2,12,13,14,15). The zero-order chi connectivity index (χ0) is 15.1. The quantitative estimate of drug-likeness (QED) is 0.418. The number of rotatable bonds is 8. The second kappa shape index (κ2) is 7.12. The maximum atomic E-state index is 11.2. The van der Waals surface area contributed by atoms with Crippen molar-refractivity contribution >= 4 is 17.3 Å². The first kappa shape index (κ1) is 14.6. The highest BCUT2D eigenvalue weighted by Crippen LogP contribution is 2.28. The Morgan fingerprint density at radius 1 is 1.33 bits per heavy atom. The summed E-state index contributed by atoms with van der Waals surface area (Å²) in [4.78, 5) is 18.5. The molecule has 21 heavy (non-hydrogen) atoms. The van der Waals surface area contributed by atoms with E-state index in [1.54, 1.807) is 17.1 Å². The minimum absolute atomic E-state index is 0.139. The molecule has 0 spiro atoms. The molecule has 2 heterocycles. The fourth-order valence-electron chi connectivity index (χ4n) is 1.78. The van der Waals surface area contributed by atoms with Gasteiger partial charge in [0.15, 0.2) is 0 Å². The summed E-state index contributed by atoms with van der Waals surface area (Å²) in [5.41, 5.74) is -0.139. The number of aryl methyl sites for hydroxylation is 1. The number of anilines is 2. The van der Waals surface area contributed by atoms with Crippen LogP contribution in [0.1, 0.15) is 13.3 Å². The number of hydrogen-bond donors (Lipinski definition) is 2. The van der Waals surface area contributed by atoms with Gasteiger partial charge < -0.3 is 10.6 Å². The summed E-state index contributed by atoms with van der Waals surface area (Å²) in [5.74, 6) is 0.431. The van der Waals surface area contributed by atoms with Crippen LogP contribution in [-0.2, 0) is 6.54 Å². The third kappa shape index (κ3) is 3.84. The lowest BCUT2D eigenvalue weighted by Gasteiger charge is -2.08. The molecular formula is C11H16N8O2. The molecule has 0 radical (unpaired) electrons. The van der Waals surface area contributed by atoms with Crippen LogP contribution < -0.4 is 10.6 Å². The molecule has 0 saturated carbocycles. The predicted octanol–water partition coefficient (Wildman–Crippen LogP) is 0.910. The Kier molecular flexibility index (Phi) is 4.96. The lowest BCUT2D eigenvalue weighted by molar-refractivity contribution is -0.383. The number of hydrogen-bond acceptors (Lipinski definition) is 8. The van der Waals surface area contributed by atoms with Gasteiger partial charge in [-0.2, -0.15) is 0 Å². The Morgan fingerprint density at radius 3 is 2.71 bits per heavy atom. The van der Waals surface area contributed by atoms with Gasteiger partial charge in [0.25, 0.3) is 0 Å². The molecular weight excluding hydrogens is 276 g/mol. The molecule has 10 nitrogen and oxygen atoms in total. The average molecular weight is 292 g/mol. The Balaban J connectivity index is 1.98. The molecule has 2 rings (SSSR count). The van der Waals surface area contributed by atoms with Crippen molar-refractivity contribution in [3.8, 4) is 0 Å². The van der Waals surface area contributed by atoms with Gasteiger partial charge in [0, 0.05) is 25.8 Å². The third-order valence-electron chi connectivity index (χ3n) is 2.68. The van der Waals surface area contributed by atoms with E-state index in [4.69, 9.17) is 0 Å². The van der Waals surface area contributed by atoms with Crippen molar-refractivity contribution in [1.82, 2.24) is 25.0 Å². The molecule has 10 heteroatoms. The van der Waals surface area contributed by atoms with Crippen LogP contribution in [0.3, 0.4) is 0 Å². The highest BCUT2D eigenvalue weighted by atomic mass is 16.6. The van der Waals surface area contributed by atoms with E-state index in [0.717, 1.165) is 6.42 Å². The number of nitro groups is 1. The Bertz CT molecular complexity index is 586. The van der Waals surface area contributed by atoms with Crippen LogP contribution in [0.2, 0.25) is 0 Å².